The molecule has 3 rings (SSSR count). The van der Waals surface area contributed by atoms with Crippen LogP contribution in [0, 0.1) is 6.92 Å². The Bertz CT molecular complexity index is 779. The van der Waals surface area contributed by atoms with Crippen LogP contribution in [0.1, 0.15) is 5.69 Å². The number of hydrogen-bond donors (Lipinski definition) is 4. The molecule has 3 heterocycles. The molecule has 3 aromatic rings. The predicted molar refractivity (Wildman–Crippen MR) is 69.2 cm³/mol. The van der Waals surface area contributed by atoms with E-state index in [1.54, 1.807) is 0 Å². The van der Waals surface area contributed by atoms with Crippen LogP contribution >= 0.6 is 11.5 Å². The number of aromatic nitrogens is 5. The van der Waals surface area contributed by atoms with Crippen molar-refractivity contribution < 1.29 is 0 Å². The maximum atomic E-state index is 11.7. The molecule has 0 amide bonds. The van der Waals surface area contributed by atoms with Crippen LogP contribution in [-0.4, -0.2) is 24.3 Å². The molecule has 9 heteroatoms. The molecule has 6 N–H and O–H groups in total. The van der Waals surface area contributed by atoms with Gasteiger partial charge in [-0.1, -0.05) is 0 Å². The number of anilines is 2. The summed E-state index contributed by atoms with van der Waals surface area (Å²) < 4.78 is 4.13. The molecule has 3 aromatic heterocycles. The number of fused-ring (bicyclic) bond motifs is 1. The molecule has 0 fully saturated rings. The van der Waals surface area contributed by atoms with E-state index in [4.69, 9.17) is 11.5 Å². The average Bonchev–Trinajstić information content (AvgIpc) is 2.82. The van der Waals surface area contributed by atoms with Gasteiger partial charge in [-0.05, 0) is 18.5 Å². The summed E-state index contributed by atoms with van der Waals surface area (Å²) in [5.74, 6) is 0.496. The number of nitrogens with zero attached hydrogens (tertiary/aromatic N) is 3. The van der Waals surface area contributed by atoms with Crippen molar-refractivity contribution in [1.82, 2.24) is 24.3 Å². The Morgan fingerprint density at radius 1 is 1.22 bits per heavy atom. The normalized spacial score (nSPS) is 11.2. The van der Waals surface area contributed by atoms with Gasteiger partial charge in [0, 0.05) is 0 Å². The molecule has 0 aliphatic carbocycles. The number of nitrogens with one attached hydrogen (secondary N) is 2. The summed E-state index contributed by atoms with van der Waals surface area (Å²) in [4.78, 5) is 25.1. The Morgan fingerprint density at radius 2 is 2.00 bits per heavy atom. The van der Waals surface area contributed by atoms with E-state index in [1.807, 2.05) is 6.92 Å². The summed E-state index contributed by atoms with van der Waals surface area (Å²) in [6, 6.07) is 0. The zero-order valence-corrected chi connectivity index (χ0v) is 10.1. The molecule has 0 unspecified atom stereocenters. The van der Waals surface area contributed by atoms with Crippen molar-refractivity contribution in [3.8, 4) is 11.4 Å². The highest BCUT2D eigenvalue weighted by Gasteiger charge is 2.16. The zero-order valence-electron chi connectivity index (χ0n) is 9.31. The molecular weight excluding hydrogens is 254 g/mol. The number of hydrogen-bond acceptors (Lipinski definition) is 7. The van der Waals surface area contributed by atoms with Crippen molar-refractivity contribution in [2.24, 2.45) is 0 Å². The minimum atomic E-state index is -0.365. The maximum absolute atomic E-state index is 11.7. The number of nitrogen functional groups attached to an aromatic ring is 2. The van der Waals surface area contributed by atoms with Gasteiger partial charge in [-0.25, -0.2) is 4.98 Å². The van der Waals surface area contributed by atoms with Gasteiger partial charge in [-0.15, -0.1) is 0 Å². The number of rotatable bonds is 1. The first-order chi connectivity index (χ1) is 8.56. The van der Waals surface area contributed by atoms with Crippen LogP contribution in [0.5, 0.6) is 0 Å². The highest BCUT2D eigenvalue weighted by atomic mass is 32.1. The molecule has 0 aliphatic rings. The van der Waals surface area contributed by atoms with E-state index in [0.717, 1.165) is 5.69 Å². The SMILES string of the molecule is Cc1nsc(N)c1-c1nc2nc(N)[nH]c(=O)c2[nH]1. The van der Waals surface area contributed by atoms with Crippen molar-refractivity contribution in [2.45, 2.75) is 6.92 Å². The third-order valence-corrected chi connectivity index (χ3v) is 3.27. The molecule has 0 spiro atoms. The minimum Gasteiger partial charge on any atom is -0.389 e. The smallest absolute Gasteiger partial charge is 0.278 e. The van der Waals surface area contributed by atoms with E-state index < -0.39 is 0 Å². The van der Waals surface area contributed by atoms with Crippen LogP contribution < -0.4 is 17.0 Å². The first kappa shape index (κ1) is 10.7. The van der Waals surface area contributed by atoms with Crippen molar-refractivity contribution in [1.29, 1.82) is 0 Å². The quantitative estimate of drug-likeness (QED) is 0.496. The minimum absolute atomic E-state index is 0.0266. The average molecular weight is 263 g/mol. The lowest BCUT2D eigenvalue weighted by Crippen LogP contribution is -2.10. The number of H-pyrrole nitrogens is 2. The standard InChI is InChI=1S/C9H9N7OS/c1-2-3(5(10)18-16-2)6-12-4-7(13-6)14-9(11)15-8(4)17/h10H2,1H3,(H4,11,12,13,14,15,17). The summed E-state index contributed by atoms with van der Waals surface area (Å²) in [5.41, 5.74) is 12.9. The van der Waals surface area contributed by atoms with E-state index in [1.165, 1.54) is 11.5 Å². The van der Waals surface area contributed by atoms with Gasteiger partial charge in [0.05, 0.1) is 11.3 Å². The Morgan fingerprint density at radius 3 is 2.67 bits per heavy atom. The second-order valence-electron chi connectivity index (χ2n) is 3.74. The topological polar surface area (TPSA) is 139 Å². The molecule has 0 aromatic carbocycles. The van der Waals surface area contributed by atoms with E-state index in [0.29, 0.717) is 16.4 Å². The molecule has 0 radical (unpaired) electrons. The molecule has 8 nitrogen and oxygen atoms in total. The fourth-order valence-electron chi connectivity index (χ4n) is 1.72. The van der Waals surface area contributed by atoms with Crippen LogP contribution in [0.3, 0.4) is 0 Å². The third kappa shape index (κ3) is 1.44. The number of aryl methyl sites for hydroxylation is 1. The van der Waals surface area contributed by atoms with E-state index in [-0.39, 0.29) is 22.7 Å². The van der Waals surface area contributed by atoms with E-state index >= 15 is 0 Å². The van der Waals surface area contributed by atoms with E-state index in [2.05, 4.69) is 24.3 Å². The summed E-state index contributed by atoms with van der Waals surface area (Å²) >= 11 is 1.18. The summed E-state index contributed by atoms with van der Waals surface area (Å²) in [6.45, 7) is 1.82. The monoisotopic (exact) mass is 263 g/mol. The van der Waals surface area contributed by atoms with Crippen molar-refractivity contribution in [3.63, 3.8) is 0 Å². The Labute approximate surface area is 104 Å². The molecular formula is C9H9N7OS. The molecule has 0 saturated heterocycles. The highest BCUT2D eigenvalue weighted by Crippen LogP contribution is 2.30. The van der Waals surface area contributed by atoms with Crippen molar-refractivity contribution in [2.75, 3.05) is 11.5 Å². The maximum Gasteiger partial charge on any atom is 0.278 e. The summed E-state index contributed by atoms with van der Waals surface area (Å²) in [7, 11) is 0. The predicted octanol–water partition coefficient (Wildman–Crippen LogP) is 0.243. The van der Waals surface area contributed by atoms with Crippen molar-refractivity contribution >= 4 is 33.6 Å². The van der Waals surface area contributed by atoms with Crippen LogP contribution in [-0.2, 0) is 0 Å². The van der Waals surface area contributed by atoms with Gasteiger partial charge in [0.15, 0.2) is 11.2 Å². The van der Waals surface area contributed by atoms with Gasteiger partial charge in [0.2, 0.25) is 5.95 Å². The molecule has 0 aliphatic heterocycles. The molecule has 0 atom stereocenters. The van der Waals surface area contributed by atoms with Crippen LogP contribution in [0.25, 0.3) is 22.6 Å². The Kier molecular flexibility index (Phi) is 2.10. The van der Waals surface area contributed by atoms with E-state index in [9.17, 15) is 4.79 Å². The lowest BCUT2D eigenvalue weighted by molar-refractivity contribution is 1.17. The number of imidazole rings is 1. The third-order valence-electron chi connectivity index (χ3n) is 2.51. The molecule has 0 saturated carbocycles. The first-order valence-corrected chi connectivity index (χ1v) is 5.81. The largest absolute Gasteiger partial charge is 0.389 e. The lowest BCUT2D eigenvalue weighted by atomic mass is 10.2. The Hall–Kier alpha value is -2.42. The number of aromatic amines is 2. The van der Waals surface area contributed by atoms with Gasteiger partial charge in [0.25, 0.3) is 5.56 Å². The second-order valence-corrected chi connectivity index (χ2v) is 4.55. The van der Waals surface area contributed by atoms with Gasteiger partial charge in [-0.2, -0.15) is 9.36 Å². The van der Waals surface area contributed by atoms with Gasteiger partial charge in [0.1, 0.15) is 10.8 Å². The van der Waals surface area contributed by atoms with Gasteiger partial charge >= 0.3 is 0 Å². The fourth-order valence-corrected chi connectivity index (χ4v) is 2.38. The van der Waals surface area contributed by atoms with Gasteiger partial charge in [-0.3, -0.25) is 9.78 Å². The fraction of sp³-hybridized carbons (Fsp3) is 0.111. The molecule has 92 valence electrons. The second kappa shape index (κ2) is 3.53. The first-order valence-electron chi connectivity index (χ1n) is 5.04. The summed E-state index contributed by atoms with van der Waals surface area (Å²) in [5, 5.41) is 0.538. The van der Waals surface area contributed by atoms with Crippen molar-refractivity contribution in [3.05, 3.63) is 16.0 Å². The van der Waals surface area contributed by atoms with Crippen LogP contribution in [0.15, 0.2) is 4.79 Å². The highest BCUT2D eigenvalue weighted by molar-refractivity contribution is 7.10. The van der Waals surface area contributed by atoms with Gasteiger partial charge < -0.3 is 16.5 Å². The van der Waals surface area contributed by atoms with Crippen LogP contribution in [0.2, 0.25) is 0 Å². The van der Waals surface area contributed by atoms with Crippen LogP contribution in [0.4, 0.5) is 10.9 Å². The Balaban J connectivity index is 2.33. The zero-order chi connectivity index (χ0) is 12.9. The number of nitrogens with two attached hydrogens (primary N) is 2. The summed E-state index contributed by atoms with van der Waals surface area (Å²) in [6.07, 6.45) is 0. The lowest BCUT2D eigenvalue weighted by Gasteiger charge is -1.93. The molecule has 0 bridgehead atoms. The molecule has 18 heavy (non-hydrogen) atoms.